The van der Waals surface area contributed by atoms with E-state index in [1.54, 1.807) is 18.2 Å². The van der Waals surface area contributed by atoms with Crippen LogP contribution in [0.4, 0.5) is 0 Å². The highest BCUT2D eigenvalue weighted by Gasteiger charge is 2.03. The van der Waals surface area contributed by atoms with Crippen LogP contribution in [0.2, 0.25) is 0 Å². The van der Waals surface area contributed by atoms with Gasteiger partial charge in [0.05, 0.1) is 0 Å². The van der Waals surface area contributed by atoms with E-state index in [-0.39, 0.29) is 5.78 Å². The summed E-state index contributed by atoms with van der Waals surface area (Å²) in [6, 6.07) is 5.10. The Hall–Kier alpha value is -1.44. The number of aldehydes is 1. The molecule has 0 spiro atoms. The van der Waals surface area contributed by atoms with Crippen molar-refractivity contribution in [2.24, 2.45) is 0 Å². The molecule has 0 aliphatic carbocycles. The number of aryl methyl sites for hydroxylation is 1. The third-order valence-electron chi connectivity index (χ3n) is 1.78. The molecule has 1 aromatic carbocycles. The Balaban J connectivity index is 3.25. The highest BCUT2D eigenvalue weighted by atomic mass is 16.1. The van der Waals surface area contributed by atoms with Crippen LogP contribution in [0.1, 0.15) is 33.2 Å². The highest BCUT2D eigenvalue weighted by molar-refractivity contribution is 5.97. The number of ketones is 1. The normalized spacial score (nSPS) is 9.50. The maximum Gasteiger partial charge on any atom is 0.160 e. The fourth-order valence-electron chi connectivity index (χ4n) is 1.09. The Morgan fingerprint density at radius 2 is 2.08 bits per heavy atom. The van der Waals surface area contributed by atoms with Gasteiger partial charge in [-0.25, -0.2) is 0 Å². The van der Waals surface area contributed by atoms with E-state index >= 15 is 0 Å². The molecule has 0 amide bonds. The molecule has 0 aliphatic rings. The van der Waals surface area contributed by atoms with Gasteiger partial charge in [0.2, 0.25) is 0 Å². The first-order chi connectivity index (χ1) is 5.65. The van der Waals surface area contributed by atoms with Crippen molar-refractivity contribution in [3.63, 3.8) is 0 Å². The topological polar surface area (TPSA) is 34.1 Å². The van der Waals surface area contributed by atoms with E-state index in [1.807, 2.05) is 6.92 Å². The van der Waals surface area contributed by atoms with Crippen molar-refractivity contribution in [2.75, 3.05) is 0 Å². The molecule has 1 rings (SSSR count). The monoisotopic (exact) mass is 162 g/mol. The van der Waals surface area contributed by atoms with Gasteiger partial charge in [-0.1, -0.05) is 12.1 Å². The Kier molecular flexibility index (Phi) is 2.38. The quantitative estimate of drug-likeness (QED) is 0.492. The van der Waals surface area contributed by atoms with Crippen molar-refractivity contribution in [1.82, 2.24) is 0 Å². The molecule has 0 bridgehead atoms. The van der Waals surface area contributed by atoms with Gasteiger partial charge in [-0.15, -0.1) is 0 Å². The van der Waals surface area contributed by atoms with Gasteiger partial charge in [0.25, 0.3) is 0 Å². The van der Waals surface area contributed by atoms with E-state index in [0.717, 1.165) is 11.8 Å². The molecule has 0 atom stereocenters. The number of rotatable bonds is 2. The summed E-state index contributed by atoms with van der Waals surface area (Å²) in [6.45, 7) is 3.35. The second-order valence-electron chi connectivity index (χ2n) is 2.75. The second-order valence-corrected chi connectivity index (χ2v) is 2.75. The Bertz CT molecular complexity index is 327. The van der Waals surface area contributed by atoms with Gasteiger partial charge in [0.15, 0.2) is 5.78 Å². The predicted molar refractivity (Wildman–Crippen MR) is 46.6 cm³/mol. The first-order valence-corrected chi connectivity index (χ1v) is 3.72. The van der Waals surface area contributed by atoms with Crippen LogP contribution in [-0.2, 0) is 0 Å². The highest BCUT2D eigenvalue weighted by Crippen LogP contribution is 2.10. The summed E-state index contributed by atoms with van der Waals surface area (Å²) >= 11 is 0. The Morgan fingerprint density at radius 1 is 1.42 bits per heavy atom. The van der Waals surface area contributed by atoms with Crippen LogP contribution < -0.4 is 0 Å². The third kappa shape index (κ3) is 1.59. The van der Waals surface area contributed by atoms with Crippen LogP contribution in [0, 0.1) is 6.92 Å². The summed E-state index contributed by atoms with van der Waals surface area (Å²) in [6.07, 6.45) is 0.742. The molecular weight excluding hydrogens is 152 g/mol. The van der Waals surface area contributed by atoms with Gasteiger partial charge >= 0.3 is 0 Å². The molecule has 0 unspecified atom stereocenters. The average Bonchev–Trinajstić information content (AvgIpc) is 2.05. The average molecular weight is 162 g/mol. The van der Waals surface area contributed by atoms with Crippen molar-refractivity contribution in [1.29, 1.82) is 0 Å². The smallest absolute Gasteiger partial charge is 0.160 e. The maximum atomic E-state index is 11.0. The molecule has 0 saturated carbocycles. The largest absolute Gasteiger partial charge is 0.298 e. The van der Waals surface area contributed by atoms with Crippen LogP contribution >= 0.6 is 0 Å². The lowest BCUT2D eigenvalue weighted by Crippen LogP contribution is -1.97. The zero-order chi connectivity index (χ0) is 9.14. The third-order valence-corrected chi connectivity index (χ3v) is 1.78. The van der Waals surface area contributed by atoms with Gasteiger partial charge in [-0.2, -0.15) is 0 Å². The van der Waals surface area contributed by atoms with Crippen LogP contribution in [0.25, 0.3) is 0 Å². The van der Waals surface area contributed by atoms with Crippen molar-refractivity contribution in [3.8, 4) is 0 Å². The minimum atomic E-state index is -0.00352. The fraction of sp³-hybridized carbons (Fsp3) is 0.200. The van der Waals surface area contributed by atoms with Gasteiger partial charge in [0, 0.05) is 11.1 Å². The van der Waals surface area contributed by atoms with Crippen molar-refractivity contribution in [2.45, 2.75) is 13.8 Å². The van der Waals surface area contributed by atoms with Crippen LogP contribution in [0.3, 0.4) is 0 Å². The molecule has 0 heterocycles. The standard InChI is InChI=1S/C10H10O2/c1-7-3-4-9(6-11)5-10(7)8(2)12/h3-6H,1-2H3. The number of carbonyl (C=O) groups excluding carboxylic acids is 2. The van der Waals surface area contributed by atoms with Crippen LogP contribution in [0.5, 0.6) is 0 Å². The SMILES string of the molecule is CC(=O)c1cc(C=O)ccc1C. The molecule has 2 heteroatoms. The molecule has 2 nitrogen and oxygen atoms in total. The summed E-state index contributed by atoms with van der Waals surface area (Å²) in [5.74, 6) is -0.00352. The number of benzene rings is 1. The number of Topliss-reactive ketones (excluding diaryl/α,β-unsaturated/α-hetero) is 1. The molecule has 12 heavy (non-hydrogen) atoms. The first-order valence-electron chi connectivity index (χ1n) is 3.72. The summed E-state index contributed by atoms with van der Waals surface area (Å²) in [5.41, 5.74) is 2.08. The van der Waals surface area contributed by atoms with Crippen molar-refractivity contribution >= 4 is 12.1 Å². The molecule has 1 aromatic rings. The number of hydrogen-bond acceptors (Lipinski definition) is 2. The minimum Gasteiger partial charge on any atom is -0.298 e. The Morgan fingerprint density at radius 3 is 2.58 bits per heavy atom. The first kappa shape index (κ1) is 8.65. The fourth-order valence-corrected chi connectivity index (χ4v) is 1.09. The molecule has 0 N–H and O–H groups in total. The van der Waals surface area contributed by atoms with Crippen LogP contribution in [0.15, 0.2) is 18.2 Å². The van der Waals surface area contributed by atoms with E-state index in [1.165, 1.54) is 6.92 Å². The van der Waals surface area contributed by atoms with Gasteiger partial charge < -0.3 is 0 Å². The Labute approximate surface area is 71.2 Å². The zero-order valence-corrected chi connectivity index (χ0v) is 7.13. The minimum absolute atomic E-state index is 0.00352. The predicted octanol–water partition coefficient (Wildman–Crippen LogP) is 2.01. The van der Waals surface area contributed by atoms with Crippen LogP contribution in [-0.4, -0.2) is 12.1 Å². The molecule has 0 aliphatic heterocycles. The lowest BCUT2D eigenvalue weighted by Gasteiger charge is -2.00. The molecular formula is C10H10O2. The second kappa shape index (κ2) is 3.30. The van der Waals surface area contributed by atoms with E-state index < -0.39 is 0 Å². The van der Waals surface area contributed by atoms with Crippen molar-refractivity contribution in [3.05, 3.63) is 34.9 Å². The van der Waals surface area contributed by atoms with E-state index in [9.17, 15) is 9.59 Å². The summed E-state index contributed by atoms with van der Waals surface area (Å²) in [5, 5.41) is 0. The van der Waals surface area contributed by atoms with Gasteiger partial charge in [-0.3, -0.25) is 9.59 Å². The summed E-state index contributed by atoms with van der Waals surface area (Å²) in [7, 11) is 0. The summed E-state index contributed by atoms with van der Waals surface area (Å²) in [4.78, 5) is 21.4. The maximum absolute atomic E-state index is 11.0. The molecule has 0 radical (unpaired) electrons. The van der Waals surface area contributed by atoms with E-state index in [4.69, 9.17) is 0 Å². The van der Waals surface area contributed by atoms with Gasteiger partial charge in [-0.05, 0) is 25.5 Å². The lowest BCUT2D eigenvalue weighted by atomic mass is 10.0. The van der Waals surface area contributed by atoms with Crippen molar-refractivity contribution < 1.29 is 9.59 Å². The van der Waals surface area contributed by atoms with Gasteiger partial charge in [0.1, 0.15) is 6.29 Å². The number of carbonyl (C=O) groups is 2. The zero-order valence-electron chi connectivity index (χ0n) is 7.13. The molecule has 0 saturated heterocycles. The lowest BCUT2D eigenvalue weighted by molar-refractivity contribution is 0.101. The number of hydrogen-bond donors (Lipinski definition) is 0. The summed E-state index contributed by atoms with van der Waals surface area (Å²) < 4.78 is 0. The molecule has 0 aromatic heterocycles. The van der Waals surface area contributed by atoms with E-state index in [2.05, 4.69) is 0 Å². The molecule has 62 valence electrons. The molecule has 0 fully saturated rings. The van der Waals surface area contributed by atoms with E-state index in [0.29, 0.717) is 11.1 Å².